The molecule has 1 rings (SSSR count). The Balaban J connectivity index is 2.56. The monoisotopic (exact) mass is 347 g/mol. The van der Waals surface area contributed by atoms with Gasteiger partial charge < -0.3 is 5.32 Å². The summed E-state index contributed by atoms with van der Waals surface area (Å²) in [5.74, 6) is 2.14. The molecule has 18 heavy (non-hydrogen) atoms. The summed E-state index contributed by atoms with van der Waals surface area (Å²) in [7, 11) is 0. The van der Waals surface area contributed by atoms with E-state index < -0.39 is 0 Å². The van der Waals surface area contributed by atoms with Crippen LogP contribution in [0.3, 0.4) is 0 Å². The van der Waals surface area contributed by atoms with Crippen molar-refractivity contribution in [2.75, 3.05) is 11.5 Å². The van der Waals surface area contributed by atoms with Crippen molar-refractivity contribution in [3.63, 3.8) is 0 Å². The zero-order valence-corrected chi connectivity index (χ0v) is 13.9. The first-order chi connectivity index (χ1) is 8.54. The first-order valence-electron chi connectivity index (χ1n) is 5.91. The molecule has 100 valence electrons. The smallest absolute Gasteiger partial charge is 0.252 e. The van der Waals surface area contributed by atoms with E-state index in [0.717, 1.165) is 27.3 Å². The number of thioether (sulfide) groups is 1. The largest absolute Gasteiger partial charge is 0.350 e. The lowest BCUT2D eigenvalue weighted by Gasteiger charge is -2.14. The Hall–Kier alpha value is -0.130. The number of thiol groups is 1. The molecule has 1 atom stereocenters. The number of benzene rings is 1. The van der Waals surface area contributed by atoms with Gasteiger partial charge in [0.1, 0.15) is 0 Å². The lowest BCUT2D eigenvalue weighted by Crippen LogP contribution is -2.33. The highest BCUT2D eigenvalue weighted by Crippen LogP contribution is 2.20. The van der Waals surface area contributed by atoms with Crippen LogP contribution in [-0.4, -0.2) is 23.5 Å². The number of nitrogens with one attached hydrogen (secondary N) is 1. The normalized spacial score (nSPS) is 12.2. The van der Waals surface area contributed by atoms with E-state index in [4.69, 9.17) is 0 Å². The summed E-state index contributed by atoms with van der Waals surface area (Å²) >= 11 is 9.53. The summed E-state index contributed by atoms with van der Waals surface area (Å²) in [6.07, 6.45) is 0.989. The van der Waals surface area contributed by atoms with Crippen LogP contribution in [0.4, 0.5) is 0 Å². The first kappa shape index (κ1) is 15.9. The van der Waals surface area contributed by atoms with Gasteiger partial charge in [-0.2, -0.15) is 11.8 Å². The van der Waals surface area contributed by atoms with Crippen molar-refractivity contribution in [3.05, 3.63) is 28.2 Å². The molecular weight excluding hydrogens is 330 g/mol. The minimum atomic E-state index is -0.0493. The molecule has 0 aromatic heterocycles. The quantitative estimate of drug-likeness (QED) is 0.601. The predicted molar refractivity (Wildman–Crippen MR) is 85.9 cm³/mol. The van der Waals surface area contributed by atoms with E-state index in [9.17, 15) is 4.79 Å². The molecule has 1 N–H and O–H groups in total. The van der Waals surface area contributed by atoms with Crippen LogP contribution in [0.1, 0.15) is 30.6 Å². The van der Waals surface area contributed by atoms with Gasteiger partial charge in [-0.3, -0.25) is 4.79 Å². The van der Waals surface area contributed by atoms with Gasteiger partial charge in [0.05, 0.1) is 5.56 Å². The number of amides is 1. The summed E-state index contributed by atoms with van der Waals surface area (Å²) in [6, 6.07) is 5.66. The van der Waals surface area contributed by atoms with Crippen molar-refractivity contribution >= 4 is 46.2 Å². The molecule has 0 spiro atoms. The maximum absolute atomic E-state index is 12.1. The molecule has 0 radical (unpaired) electrons. The summed E-state index contributed by atoms with van der Waals surface area (Å²) in [5.41, 5.74) is 0.637. The van der Waals surface area contributed by atoms with Crippen LogP contribution in [0.25, 0.3) is 0 Å². The number of hydrogen-bond acceptors (Lipinski definition) is 3. The third kappa shape index (κ3) is 5.24. The Morgan fingerprint density at radius 3 is 2.94 bits per heavy atom. The molecule has 0 aliphatic heterocycles. The second-order valence-electron chi connectivity index (χ2n) is 4.02. The summed E-state index contributed by atoms with van der Waals surface area (Å²) < 4.78 is 0.799. The lowest BCUT2D eigenvalue weighted by molar-refractivity contribution is 0.0938. The highest BCUT2D eigenvalue weighted by Gasteiger charge is 2.12. The van der Waals surface area contributed by atoms with Crippen LogP contribution in [0.15, 0.2) is 27.6 Å². The fraction of sp³-hybridized carbons (Fsp3) is 0.462. The Morgan fingerprint density at radius 2 is 2.28 bits per heavy atom. The van der Waals surface area contributed by atoms with E-state index in [1.165, 1.54) is 0 Å². The summed E-state index contributed by atoms with van der Waals surface area (Å²) in [4.78, 5) is 12.9. The van der Waals surface area contributed by atoms with E-state index in [2.05, 4.69) is 40.8 Å². The summed E-state index contributed by atoms with van der Waals surface area (Å²) in [5, 5.41) is 3.01. The van der Waals surface area contributed by atoms with Crippen molar-refractivity contribution in [1.82, 2.24) is 5.32 Å². The van der Waals surface area contributed by atoms with Gasteiger partial charge in [0, 0.05) is 15.4 Å². The fourth-order valence-corrected chi connectivity index (χ4v) is 2.90. The molecule has 0 heterocycles. The molecule has 2 nitrogen and oxygen atoms in total. The molecule has 0 aliphatic carbocycles. The van der Waals surface area contributed by atoms with Crippen molar-refractivity contribution in [2.45, 2.75) is 31.2 Å². The Morgan fingerprint density at radius 1 is 1.56 bits per heavy atom. The molecule has 0 saturated heterocycles. The van der Waals surface area contributed by atoms with Gasteiger partial charge in [-0.1, -0.05) is 6.92 Å². The average Bonchev–Trinajstić information content (AvgIpc) is 2.32. The van der Waals surface area contributed by atoms with Gasteiger partial charge in [0.2, 0.25) is 0 Å². The number of hydrogen-bond donors (Lipinski definition) is 2. The maximum Gasteiger partial charge on any atom is 0.252 e. The van der Waals surface area contributed by atoms with Crippen LogP contribution < -0.4 is 5.32 Å². The zero-order chi connectivity index (χ0) is 13.5. The minimum absolute atomic E-state index is 0.0493. The van der Waals surface area contributed by atoms with E-state index in [1.54, 1.807) is 6.07 Å². The minimum Gasteiger partial charge on any atom is -0.350 e. The molecule has 1 aromatic rings. The molecular formula is C13H18BrNOS2. The van der Waals surface area contributed by atoms with Gasteiger partial charge >= 0.3 is 0 Å². The van der Waals surface area contributed by atoms with Crippen LogP contribution in [0.2, 0.25) is 0 Å². The standard InChI is InChI=1S/C13H18BrNOS2/c1-3-18-7-6-9(2)15-13(16)11-8-10(17)4-5-12(11)14/h4-5,8-9,17H,3,6-7H2,1-2H3,(H,15,16). The Bertz CT molecular complexity index is 412. The van der Waals surface area contributed by atoms with Crippen molar-refractivity contribution in [2.24, 2.45) is 0 Å². The SMILES string of the molecule is CCSCCC(C)NC(=O)c1cc(S)ccc1Br. The van der Waals surface area contributed by atoms with Crippen LogP contribution in [0, 0.1) is 0 Å². The summed E-state index contributed by atoms with van der Waals surface area (Å²) in [6.45, 7) is 4.18. The molecule has 1 amide bonds. The van der Waals surface area contributed by atoms with Crippen LogP contribution in [-0.2, 0) is 0 Å². The molecule has 0 aliphatic rings. The van der Waals surface area contributed by atoms with E-state index in [0.29, 0.717) is 5.56 Å². The van der Waals surface area contributed by atoms with Crippen LogP contribution in [0.5, 0.6) is 0 Å². The van der Waals surface area contributed by atoms with Gasteiger partial charge in [-0.25, -0.2) is 0 Å². The Kier molecular flexibility index (Phi) is 7.19. The second kappa shape index (κ2) is 8.12. The molecule has 1 unspecified atom stereocenters. The molecule has 0 saturated carbocycles. The highest BCUT2D eigenvalue weighted by molar-refractivity contribution is 9.10. The molecule has 0 fully saturated rings. The predicted octanol–water partition coefficient (Wildman–Crippen LogP) is 4.00. The second-order valence-corrected chi connectivity index (χ2v) is 6.79. The number of rotatable bonds is 6. The number of carbonyl (C=O) groups is 1. The topological polar surface area (TPSA) is 29.1 Å². The average molecular weight is 348 g/mol. The number of carbonyl (C=O) groups excluding carboxylic acids is 1. The number of halogens is 1. The van der Waals surface area contributed by atoms with Gasteiger partial charge in [0.15, 0.2) is 0 Å². The zero-order valence-electron chi connectivity index (χ0n) is 10.6. The Labute approximate surface area is 127 Å². The van der Waals surface area contributed by atoms with Gasteiger partial charge in [-0.05, 0) is 59.0 Å². The van der Waals surface area contributed by atoms with Gasteiger partial charge in [-0.15, -0.1) is 12.6 Å². The first-order valence-corrected chi connectivity index (χ1v) is 8.31. The van der Waals surface area contributed by atoms with E-state index in [-0.39, 0.29) is 11.9 Å². The highest BCUT2D eigenvalue weighted by atomic mass is 79.9. The fourth-order valence-electron chi connectivity index (χ4n) is 1.47. The van der Waals surface area contributed by atoms with Crippen molar-refractivity contribution in [3.8, 4) is 0 Å². The molecule has 1 aromatic carbocycles. The van der Waals surface area contributed by atoms with Crippen molar-refractivity contribution in [1.29, 1.82) is 0 Å². The third-order valence-corrected chi connectivity index (χ3v) is 4.37. The maximum atomic E-state index is 12.1. The van der Waals surface area contributed by atoms with E-state index in [1.807, 2.05) is 30.8 Å². The van der Waals surface area contributed by atoms with Crippen molar-refractivity contribution < 1.29 is 4.79 Å². The van der Waals surface area contributed by atoms with E-state index >= 15 is 0 Å². The third-order valence-electron chi connectivity index (χ3n) is 2.47. The molecule has 0 bridgehead atoms. The van der Waals surface area contributed by atoms with Crippen LogP contribution >= 0.6 is 40.3 Å². The lowest BCUT2D eigenvalue weighted by atomic mass is 10.2. The molecule has 5 heteroatoms. The van der Waals surface area contributed by atoms with Gasteiger partial charge in [0.25, 0.3) is 5.91 Å².